The molecule has 2 heterocycles. The summed E-state index contributed by atoms with van der Waals surface area (Å²) >= 11 is 0. The highest BCUT2D eigenvalue weighted by Gasteiger charge is 2.45. The normalized spacial score (nSPS) is 22.0. The maximum atomic E-state index is 13.1. The van der Waals surface area contributed by atoms with Crippen molar-refractivity contribution in [2.75, 3.05) is 33.3 Å². The second-order valence-corrected chi connectivity index (χ2v) is 7.64. The highest BCUT2D eigenvalue weighted by atomic mass is 19.1. The molecule has 7 heteroatoms. The van der Waals surface area contributed by atoms with Crippen LogP contribution in [0, 0.1) is 5.82 Å². The third kappa shape index (κ3) is 4.77. The summed E-state index contributed by atoms with van der Waals surface area (Å²) in [5, 5.41) is 3.02. The Morgan fingerprint density at radius 3 is 2.74 bits per heavy atom. The molecule has 1 aromatic rings. The fraction of sp³-hybridized carbons (Fsp3) is 0.600. The molecule has 27 heavy (non-hydrogen) atoms. The lowest BCUT2D eigenvalue weighted by Crippen LogP contribution is -2.52. The van der Waals surface area contributed by atoms with Crippen molar-refractivity contribution in [3.05, 3.63) is 30.1 Å². The van der Waals surface area contributed by atoms with Crippen LogP contribution in [0.15, 0.2) is 24.3 Å². The maximum Gasteiger partial charge on any atom is 0.225 e. The third-order valence-corrected chi connectivity index (χ3v) is 5.77. The minimum atomic E-state index is -0.349. The summed E-state index contributed by atoms with van der Waals surface area (Å²) in [4.78, 5) is 28.0. The Morgan fingerprint density at radius 1 is 1.33 bits per heavy atom. The Kier molecular flexibility index (Phi) is 5.99. The number of likely N-dealkylation sites (tertiary alicyclic amines) is 2. The largest absolute Gasteiger partial charge is 0.493 e. The molecule has 0 bridgehead atoms. The zero-order valence-corrected chi connectivity index (χ0v) is 16.0. The van der Waals surface area contributed by atoms with Crippen LogP contribution in [0.4, 0.5) is 4.39 Å². The summed E-state index contributed by atoms with van der Waals surface area (Å²) in [7, 11) is 2.10. The zero-order valence-electron chi connectivity index (χ0n) is 16.0. The van der Waals surface area contributed by atoms with E-state index in [4.69, 9.17) is 4.74 Å². The minimum Gasteiger partial charge on any atom is -0.493 e. The average Bonchev–Trinajstić information content (AvgIpc) is 2.89. The van der Waals surface area contributed by atoms with E-state index in [1.54, 1.807) is 19.1 Å². The van der Waals surface area contributed by atoms with Crippen LogP contribution in [0.25, 0.3) is 0 Å². The Labute approximate surface area is 159 Å². The number of hydrogen-bond donors (Lipinski definition) is 1. The van der Waals surface area contributed by atoms with Gasteiger partial charge in [0.25, 0.3) is 0 Å². The van der Waals surface area contributed by atoms with Crippen LogP contribution in [-0.4, -0.2) is 66.5 Å². The molecule has 1 N–H and O–H groups in total. The molecule has 0 saturated carbocycles. The molecule has 2 aliphatic rings. The Hall–Kier alpha value is -2.15. The van der Waals surface area contributed by atoms with Gasteiger partial charge in [0, 0.05) is 44.2 Å². The number of rotatable bonds is 5. The van der Waals surface area contributed by atoms with Crippen LogP contribution < -0.4 is 10.1 Å². The number of likely N-dealkylation sites (N-methyl/N-ethyl adjacent to an activating group) is 1. The van der Waals surface area contributed by atoms with Crippen molar-refractivity contribution in [3.63, 3.8) is 0 Å². The third-order valence-electron chi connectivity index (χ3n) is 5.77. The van der Waals surface area contributed by atoms with E-state index in [0.29, 0.717) is 5.75 Å². The van der Waals surface area contributed by atoms with E-state index < -0.39 is 0 Å². The Balaban J connectivity index is 1.44. The second kappa shape index (κ2) is 8.25. The highest BCUT2D eigenvalue weighted by molar-refractivity contribution is 5.76. The fourth-order valence-corrected chi connectivity index (χ4v) is 4.32. The summed E-state index contributed by atoms with van der Waals surface area (Å²) < 4.78 is 18.6. The number of carbonyl (C=O) groups excluding carboxylic acids is 2. The number of benzene rings is 1. The monoisotopic (exact) mass is 377 g/mol. The summed E-state index contributed by atoms with van der Waals surface area (Å²) in [5.41, 5.74) is 0.0714. The summed E-state index contributed by atoms with van der Waals surface area (Å²) in [5.74, 6) is 0.173. The molecule has 0 aromatic heterocycles. The van der Waals surface area contributed by atoms with Crippen molar-refractivity contribution in [1.82, 2.24) is 15.1 Å². The van der Waals surface area contributed by atoms with Gasteiger partial charge in [0.05, 0.1) is 13.0 Å². The van der Waals surface area contributed by atoms with Gasteiger partial charge in [0.1, 0.15) is 11.6 Å². The van der Waals surface area contributed by atoms with E-state index in [0.717, 1.165) is 38.9 Å². The maximum absolute atomic E-state index is 13.1. The van der Waals surface area contributed by atoms with Gasteiger partial charge < -0.3 is 15.0 Å². The van der Waals surface area contributed by atoms with Gasteiger partial charge in [-0.05, 0) is 38.4 Å². The van der Waals surface area contributed by atoms with E-state index in [-0.39, 0.29) is 42.2 Å². The van der Waals surface area contributed by atoms with Gasteiger partial charge in [-0.2, -0.15) is 0 Å². The van der Waals surface area contributed by atoms with Crippen molar-refractivity contribution in [2.24, 2.45) is 0 Å². The topological polar surface area (TPSA) is 61.9 Å². The van der Waals surface area contributed by atoms with Gasteiger partial charge in [-0.25, -0.2) is 4.39 Å². The summed E-state index contributed by atoms with van der Waals surface area (Å²) in [6.45, 7) is 4.09. The first kappa shape index (κ1) is 19.6. The van der Waals surface area contributed by atoms with Crippen LogP contribution in [0.2, 0.25) is 0 Å². The second-order valence-electron chi connectivity index (χ2n) is 7.64. The van der Waals surface area contributed by atoms with Gasteiger partial charge in [0.15, 0.2) is 0 Å². The molecule has 148 valence electrons. The molecule has 2 saturated heterocycles. The lowest BCUT2D eigenvalue weighted by atomic mass is 9.84. The minimum absolute atomic E-state index is 0.0105. The Morgan fingerprint density at radius 2 is 2.07 bits per heavy atom. The molecule has 2 amide bonds. The molecule has 6 nitrogen and oxygen atoms in total. The number of piperidine rings is 1. The van der Waals surface area contributed by atoms with Crippen molar-refractivity contribution < 1.29 is 18.7 Å². The van der Waals surface area contributed by atoms with Crippen molar-refractivity contribution in [3.8, 4) is 5.75 Å². The van der Waals surface area contributed by atoms with Crippen molar-refractivity contribution in [2.45, 2.75) is 44.2 Å². The molecule has 0 radical (unpaired) electrons. The molecular weight excluding hydrogens is 349 g/mol. The number of ether oxygens (including phenoxy) is 1. The molecule has 2 aliphatic heterocycles. The van der Waals surface area contributed by atoms with Crippen LogP contribution in [0.3, 0.4) is 0 Å². The number of nitrogens with one attached hydrogen (secondary N) is 1. The van der Waals surface area contributed by atoms with Crippen molar-refractivity contribution >= 4 is 11.8 Å². The molecule has 1 spiro atoms. The quantitative estimate of drug-likeness (QED) is 0.850. The molecule has 3 rings (SSSR count). The standard InChI is InChI=1S/C20H28FN3O3/c1-15(25)22-17-13-20(23(2)14-17)7-9-24(10-8-20)19(26)6-11-27-18-5-3-4-16(21)12-18/h3-5,12,17H,6-11,13-14H2,1-2H3,(H,22,25)/t17-/m0/s1. The zero-order chi connectivity index (χ0) is 19.4. The van der Waals surface area contributed by atoms with Crippen LogP contribution in [0.1, 0.15) is 32.6 Å². The molecule has 1 atom stereocenters. The van der Waals surface area contributed by atoms with Crippen LogP contribution in [0.5, 0.6) is 5.75 Å². The average molecular weight is 377 g/mol. The predicted molar refractivity (Wildman–Crippen MR) is 99.9 cm³/mol. The van der Waals surface area contributed by atoms with Crippen LogP contribution in [-0.2, 0) is 9.59 Å². The lowest BCUT2D eigenvalue weighted by Gasteiger charge is -2.43. The SMILES string of the molecule is CC(=O)N[C@@H]1CN(C)C2(CCN(C(=O)CCOc3cccc(F)c3)CC2)C1. The van der Waals surface area contributed by atoms with Gasteiger partial charge in [-0.15, -0.1) is 0 Å². The number of amides is 2. The lowest BCUT2D eigenvalue weighted by molar-refractivity contribution is -0.134. The van der Waals surface area contributed by atoms with E-state index in [2.05, 4.69) is 17.3 Å². The summed E-state index contributed by atoms with van der Waals surface area (Å²) in [6, 6.07) is 6.13. The van der Waals surface area contributed by atoms with E-state index in [1.807, 2.05) is 4.90 Å². The van der Waals surface area contributed by atoms with Gasteiger partial charge in [-0.3, -0.25) is 14.5 Å². The van der Waals surface area contributed by atoms with E-state index >= 15 is 0 Å². The Bertz CT molecular complexity index is 689. The smallest absolute Gasteiger partial charge is 0.225 e. The van der Waals surface area contributed by atoms with E-state index in [9.17, 15) is 14.0 Å². The van der Waals surface area contributed by atoms with Gasteiger partial charge in [-0.1, -0.05) is 6.07 Å². The number of hydrogen-bond acceptors (Lipinski definition) is 4. The molecule has 2 fully saturated rings. The number of nitrogens with zero attached hydrogens (tertiary/aromatic N) is 2. The van der Waals surface area contributed by atoms with Gasteiger partial charge in [0.2, 0.25) is 11.8 Å². The van der Waals surface area contributed by atoms with Crippen LogP contribution >= 0.6 is 0 Å². The number of halogens is 1. The molecule has 1 aromatic carbocycles. The first-order valence-corrected chi connectivity index (χ1v) is 9.52. The predicted octanol–water partition coefficient (Wildman–Crippen LogP) is 1.80. The van der Waals surface area contributed by atoms with Gasteiger partial charge >= 0.3 is 0 Å². The number of carbonyl (C=O) groups is 2. The molecule has 0 unspecified atom stereocenters. The van der Waals surface area contributed by atoms with Crippen molar-refractivity contribution in [1.29, 1.82) is 0 Å². The summed E-state index contributed by atoms with van der Waals surface area (Å²) in [6.07, 6.45) is 3.05. The molecular formula is C20H28FN3O3. The fourth-order valence-electron chi connectivity index (χ4n) is 4.32. The first-order chi connectivity index (χ1) is 12.9. The highest BCUT2D eigenvalue weighted by Crippen LogP contribution is 2.37. The first-order valence-electron chi connectivity index (χ1n) is 9.52. The molecule has 0 aliphatic carbocycles. The van der Waals surface area contributed by atoms with E-state index in [1.165, 1.54) is 12.1 Å².